The van der Waals surface area contributed by atoms with Gasteiger partial charge in [-0.2, -0.15) is 4.58 Å². The maximum absolute atomic E-state index is 11.9. The van der Waals surface area contributed by atoms with E-state index in [2.05, 4.69) is 20.8 Å². The summed E-state index contributed by atoms with van der Waals surface area (Å²) in [6.45, 7) is 8.50. The van der Waals surface area contributed by atoms with Crippen LogP contribution in [0.3, 0.4) is 0 Å². The van der Waals surface area contributed by atoms with Gasteiger partial charge in [-0.1, -0.05) is 20.8 Å². The Morgan fingerprint density at radius 2 is 2.07 bits per heavy atom. The summed E-state index contributed by atoms with van der Waals surface area (Å²) in [7, 11) is 0. The normalized spacial score (nSPS) is 39.7. The highest BCUT2D eigenvalue weighted by molar-refractivity contribution is 5.91. The summed E-state index contributed by atoms with van der Waals surface area (Å²) in [5.74, 6) is 1.43. The summed E-state index contributed by atoms with van der Waals surface area (Å²) < 4.78 is 1.91. The predicted octanol–water partition coefficient (Wildman–Crippen LogP) is 0.899. The fourth-order valence-corrected chi connectivity index (χ4v) is 3.28. The molecule has 2 aliphatic heterocycles. The van der Waals surface area contributed by atoms with E-state index in [0.29, 0.717) is 17.9 Å². The van der Waals surface area contributed by atoms with Crippen LogP contribution >= 0.6 is 0 Å². The lowest BCUT2D eigenvalue weighted by Crippen LogP contribution is -2.57. The van der Waals surface area contributed by atoms with Crippen molar-refractivity contribution in [3.8, 4) is 0 Å². The standard InChI is InChI=1S/C12H20NO2/c1-6(2)10-11-7(3)9(5-14)8(4)13(11)12(10)15/h6-7,9-11,14H,5H2,1-4H3/q+1/t7-,9?,10+,11+/m0/s1. The molecule has 4 atom stereocenters. The summed E-state index contributed by atoms with van der Waals surface area (Å²) >= 11 is 0. The second-order valence-electron chi connectivity index (χ2n) is 5.26. The Labute approximate surface area is 90.8 Å². The lowest BCUT2D eigenvalue weighted by molar-refractivity contribution is -0.550. The van der Waals surface area contributed by atoms with E-state index in [9.17, 15) is 9.90 Å². The Bertz CT molecular complexity index is 333. The second-order valence-corrected chi connectivity index (χ2v) is 5.26. The summed E-state index contributed by atoms with van der Waals surface area (Å²) in [6.07, 6.45) is 0. The Morgan fingerprint density at radius 3 is 2.53 bits per heavy atom. The molecule has 2 aliphatic rings. The molecule has 0 aromatic heterocycles. The van der Waals surface area contributed by atoms with Crippen LogP contribution in [0, 0.1) is 23.7 Å². The van der Waals surface area contributed by atoms with Gasteiger partial charge in [0.1, 0.15) is 5.92 Å². The molecule has 1 amide bonds. The fraction of sp³-hybridized carbons (Fsp3) is 0.833. The van der Waals surface area contributed by atoms with Crippen LogP contribution in [-0.2, 0) is 4.79 Å². The molecule has 0 aromatic rings. The average molecular weight is 210 g/mol. The van der Waals surface area contributed by atoms with Crippen molar-refractivity contribution >= 4 is 11.6 Å². The van der Waals surface area contributed by atoms with Gasteiger partial charge in [-0.25, -0.2) is 4.79 Å². The largest absolute Gasteiger partial charge is 0.397 e. The van der Waals surface area contributed by atoms with Crippen LogP contribution in [0.4, 0.5) is 0 Å². The van der Waals surface area contributed by atoms with Crippen molar-refractivity contribution in [2.24, 2.45) is 23.7 Å². The number of aliphatic hydroxyl groups is 1. The van der Waals surface area contributed by atoms with E-state index in [1.807, 2.05) is 11.5 Å². The molecule has 0 radical (unpaired) electrons. The van der Waals surface area contributed by atoms with Gasteiger partial charge in [-0.3, -0.25) is 0 Å². The van der Waals surface area contributed by atoms with E-state index in [4.69, 9.17) is 0 Å². The molecular formula is C12H20NO2+. The number of hydrogen-bond donors (Lipinski definition) is 1. The van der Waals surface area contributed by atoms with Crippen molar-refractivity contribution < 1.29 is 14.5 Å². The van der Waals surface area contributed by atoms with E-state index >= 15 is 0 Å². The van der Waals surface area contributed by atoms with Crippen LogP contribution in [0.25, 0.3) is 0 Å². The van der Waals surface area contributed by atoms with Crippen LogP contribution < -0.4 is 0 Å². The lowest BCUT2D eigenvalue weighted by atomic mass is 9.74. The quantitative estimate of drug-likeness (QED) is 0.543. The van der Waals surface area contributed by atoms with Gasteiger partial charge in [0.25, 0.3) is 0 Å². The Balaban J connectivity index is 2.32. The maximum Gasteiger partial charge on any atom is 0.397 e. The maximum atomic E-state index is 11.9. The molecule has 1 unspecified atom stereocenters. The number of carbonyl (C=O) groups is 1. The molecule has 3 heteroatoms. The molecular weight excluding hydrogens is 190 g/mol. The first-order valence-electron chi connectivity index (χ1n) is 5.78. The smallest absolute Gasteiger partial charge is 0.395 e. The lowest BCUT2D eigenvalue weighted by Gasteiger charge is -2.32. The van der Waals surface area contributed by atoms with Crippen molar-refractivity contribution in [2.75, 3.05) is 6.61 Å². The summed E-state index contributed by atoms with van der Waals surface area (Å²) in [4.78, 5) is 11.9. The second kappa shape index (κ2) is 3.41. The first-order chi connectivity index (χ1) is 7.00. The highest BCUT2D eigenvalue weighted by atomic mass is 16.3. The fourth-order valence-electron chi connectivity index (χ4n) is 3.28. The topological polar surface area (TPSA) is 40.3 Å². The van der Waals surface area contributed by atoms with E-state index in [-0.39, 0.29) is 24.3 Å². The van der Waals surface area contributed by atoms with Gasteiger partial charge >= 0.3 is 5.91 Å². The summed E-state index contributed by atoms with van der Waals surface area (Å²) in [5, 5.41) is 9.32. The van der Waals surface area contributed by atoms with Crippen molar-refractivity contribution in [3.63, 3.8) is 0 Å². The first-order valence-corrected chi connectivity index (χ1v) is 5.78. The van der Waals surface area contributed by atoms with Gasteiger partial charge < -0.3 is 5.11 Å². The Hall–Kier alpha value is -0.700. The van der Waals surface area contributed by atoms with Crippen molar-refractivity contribution in [1.29, 1.82) is 0 Å². The van der Waals surface area contributed by atoms with Gasteiger partial charge in [0.2, 0.25) is 0 Å². The minimum Gasteiger partial charge on any atom is -0.395 e. The van der Waals surface area contributed by atoms with Crippen molar-refractivity contribution in [2.45, 2.75) is 33.7 Å². The first kappa shape index (κ1) is 10.8. The molecule has 2 rings (SSSR count). The number of fused-ring (bicyclic) bond motifs is 1. The molecule has 0 spiro atoms. The molecule has 3 nitrogen and oxygen atoms in total. The highest BCUT2D eigenvalue weighted by Gasteiger charge is 2.64. The van der Waals surface area contributed by atoms with Gasteiger partial charge in [-0.05, 0) is 5.92 Å². The zero-order valence-electron chi connectivity index (χ0n) is 9.90. The van der Waals surface area contributed by atoms with Gasteiger partial charge in [0.05, 0.1) is 12.5 Å². The van der Waals surface area contributed by atoms with Gasteiger partial charge in [0, 0.05) is 12.8 Å². The molecule has 0 aromatic carbocycles. The number of amides is 1. The van der Waals surface area contributed by atoms with Crippen LogP contribution in [0.15, 0.2) is 0 Å². The third kappa shape index (κ3) is 1.22. The molecule has 0 aliphatic carbocycles. The van der Waals surface area contributed by atoms with E-state index < -0.39 is 0 Å². The average Bonchev–Trinajstić information content (AvgIpc) is 2.33. The number of carbonyl (C=O) groups excluding carboxylic acids is 1. The number of rotatable bonds is 2. The number of aliphatic hydroxyl groups excluding tert-OH is 1. The van der Waals surface area contributed by atoms with E-state index in [1.165, 1.54) is 0 Å². The minimum atomic E-state index is 0.165. The molecule has 2 heterocycles. The molecule has 1 saturated heterocycles. The number of β-lactam (4-membered cyclic amide) rings is 1. The van der Waals surface area contributed by atoms with E-state index in [1.54, 1.807) is 0 Å². The van der Waals surface area contributed by atoms with Gasteiger partial charge in [0.15, 0.2) is 11.8 Å². The molecule has 1 N–H and O–H groups in total. The minimum absolute atomic E-state index is 0.165. The summed E-state index contributed by atoms with van der Waals surface area (Å²) in [6, 6.07) is 0.342. The molecule has 84 valence electrons. The molecule has 0 bridgehead atoms. The van der Waals surface area contributed by atoms with Crippen LogP contribution in [0.5, 0.6) is 0 Å². The van der Waals surface area contributed by atoms with Crippen molar-refractivity contribution in [1.82, 2.24) is 0 Å². The zero-order valence-corrected chi connectivity index (χ0v) is 9.90. The number of nitrogens with zero attached hydrogens (tertiary/aromatic N) is 1. The van der Waals surface area contributed by atoms with Crippen LogP contribution in [0.2, 0.25) is 0 Å². The molecule has 1 fully saturated rings. The predicted molar refractivity (Wildman–Crippen MR) is 57.8 cm³/mol. The van der Waals surface area contributed by atoms with E-state index in [0.717, 1.165) is 5.71 Å². The SMILES string of the molecule is CC1=[N+]2C(=O)[C@H](C(C)C)[C@H]2[C@@H](C)C1CO. The van der Waals surface area contributed by atoms with Crippen LogP contribution in [-0.4, -0.2) is 33.9 Å². The number of hydrogen-bond acceptors (Lipinski definition) is 2. The molecule has 0 saturated carbocycles. The summed E-state index contributed by atoms with van der Waals surface area (Å²) in [5.41, 5.74) is 1.07. The van der Waals surface area contributed by atoms with Crippen LogP contribution in [0.1, 0.15) is 27.7 Å². The highest BCUT2D eigenvalue weighted by Crippen LogP contribution is 2.42. The molecule has 15 heavy (non-hydrogen) atoms. The third-order valence-electron chi connectivity index (χ3n) is 4.19. The van der Waals surface area contributed by atoms with Gasteiger partial charge in [-0.15, -0.1) is 0 Å². The Kier molecular flexibility index (Phi) is 2.45. The van der Waals surface area contributed by atoms with Crippen molar-refractivity contribution in [3.05, 3.63) is 0 Å². The zero-order chi connectivity index (χ0) is 11.3. The Morgan fingerprint density at radius 1 is 1.47 bits per heavy atom. The monoisotopic (exact) mass is 210 g/mol. The third-order valence-corrected chi connectivity index (χ3v) is 4.19.